The van der Waals surface area contributed by atoms with E-state index in [4.69, 9.17) is 34.9 Å². The molecular weight excluding hydrogens is 586 g/mol. The normalized spacial score (nSPS) is 12.1. The van der Waals surface area contributed by atoms with Crippen molar-refractivity contribution in [2.75, 3.05) is 0 Å². The monoisotopic (exact) mass is 611 g/mol. The number of imidazole rings is 4. The maximum atomic E-state index is 5.20. The highest BCUT2D eigenvalue weighted by Gasteiger charge is 2.24. The van der Waals surface area contributed by atoms with E-state index in [1.807, 2.05) is 90.6 Å². The third kappa shape index (κ3) is 3.53. The van der Waals surface area contributed by atoms with Crippen molar-refractivity contribution in [3.8, 4) is 23.4 Å². The minimum atomic E-state index is 0.414. The second kappa shape index (κ2) is 9.27. The third-order valence-electron chi connectivity index (χ3n) is 8.92. The Balaban J connectivity index is 1.36. The quantitative estimate of drug-likeness (QED) is 0.218. The van der Waals surface area contributed by atoms with E-state index >= 15 is 0 Å². The zero-order valence-electron chi connectivity index (χ0n) is 25.7. The van der Waals surface area contributed by atoms with Crippen LogP contribution in [0.4, 0.5) is 0 Å². The van der Waals surface area contributed by atoms with Crippen LogP contribution in [0.3, 0.4) is 0 Å². The summed E-state index contributed by atoms with van der Waals surface area (Å²) in [6.07, 6.45) is 0. The first-order chi connectivity index (χ1) is 23.0. The lowest BCUT2D eigenvalue weighted by molar-refractivity contribution is 0.868. The van der Waals surface area contributed by atoms with E-state index in [9.17, 15) is 0 Å². The molecule has 0 aliphatic carbocycles. The third-order valence-corrected chi connectivity index (χ3v) is 8.92. The average Bonchev–Trinajstić information content (AvgIpc) is 3.82. The smallest absolute Gasteiger partial charge is 0.242 e. The van der Waals surface area contributed by atoms with Gasteiger partial charge in [-0.15, -0.1) is 0 Å². The fourth-order valence-corrected chi connectivity index (χ4v) is 6.68. The molecule has 4 aromatic carbocycles. The first kappa shape index (κ1) is 25.8. The maximum Gasteiger partial charge on any atom is 0.242 e. The first-order valence-electron chi connectivity index (χ1n) is 15.4. The van der Waals surface area contributed by atoms with Crippen LogP contribution < -0.4 is 0 Å². The van der Waals surface area contributed by atoms with Gasteiger partial charge in [0.05, 0.1) is 61.2 Å². The van der Waals surface area contributed by atoms with E-state index in [1.165, 1.54) is 0 Å². The molecule has 0 aliphatic rings. The standard InChI is InChI=1S/C36H25N11/c1-20-21(2)38-31(22(3)37-20)32-41-33(46-29-18-10-8-16-27(29)44-25-14-6-4-12-23(25)39-35(44)46)43-34(42-32)47-30-19-11-9-17-28(30)45-26-15-7-5-13-24(26)40-36(45)47/h4-19H,1-3H3. The molecule has 0 amide bonds. The molecule has 0 spiro atoms. The maximum absolute atomic E-state index is 5.20. The summed E-state index contributed by atoms with van der Waals surface area (Å²) in [6, 6.07) is 32.7. The van der Waals surface area contributed by atoms with Gasteiger partial charge in [-0.1, -0.05) is 48.5 Å². The SMILES string of the molecule is Cc1nc(C)c(-c2nc(-n3c4ccccc4n4c5ccccc5nc34)nc(-n3c4ccccc4n4c5ccccc5nc34)n2)nc1C. The minimum absolute atomic E-state index is 0.414. The highest BCUT2D eigenvalue weighted by molar-refractivity contribution is 5.93. The molecular formula is C36H25N11. The Labute approximate surface area is 266 Å². The van der Waals surface area contributed by atoms with Crippen molar-refractivity contribution in [3.05, 3.63) is 114 Å². The van der Waals surface area contributed by atoms with Gasteiger partial charge >= 0.3 is 0 Å². The fourth-order valence-electron chi connectivity index (χ4n) is 6.68. The van der Waals surface area contributed by atoms with Gasteiger partial charge in [-0.3, -0.25) is 13.8 Å². The summed E-state index contributed by atoms with van der Waals surface area (Å²) in [5.74, 6) is 2.65. The van der Waals surface area contributed by atoms with Gasteiger partial charge in [0, 0.05) is 0 Å². The summed E-state index contributed by atoms with van der Waals surface area (Å²) in [4.78, 5) is 35.3. The highest BCUT2D eigenvalue weighted by atomic mass is 15.3. The molecule has 0 saturated heterocycles. The van der Waals surface area contributed by atoms with E-state index in [2.05, 4.69) is 45.2 Å². The molecule has 0 atom stereocenters. The van der Waals surface area contributed by atoms with Crippen LogP contribution >= 0.6 is 0 Å². The summed E-state index contributed by atoms with van der Waals surface area (Å²) < 4.78 is 8.30. The number of aryl methyl sites for hydroxylation is 3. The molecule has 0 saturated carbocycles. The number of aromatic nitrogens is 11. The Kier molecular flexibility index (Phi) is 5.09. The molecule has 11 nitrogen and oxygen atoms in total. The molecule has 224 valence electrons. The number of fused-ring (bicyclic) bond motifs is 10. The second-order valence-electron chi connectivity index (χ2n) is 11.7. The van der Waals surface area contributed by atoms with Gasteiger partial charge in [0.2, 0.25) is 23.5 Å². The van der Waals surface area contributed by atoms with Crippen molar-refractivity contribution < 1.29 is 0 Å². The predicted molar refractivity (Wildman–Crippen MR) is 181 cm³/mol. The van der Waals surface area contributed by atoms with Gasteiger partial charge in [0.15, 0.2) is 5.82 Å². The zero-order valence-corrected chi connectivity index (χ0v) is 25.7. The number of hydrogen-bond donors (Lipinski definition) is 0. The van der Waals surface area contributed by atoms with Crippen LogP contribution in [-0.4, -0.2) is 52.8 Å². The van der Waals surface area contributed by atoms with E-state index < -0.39 is 0 Å². The first-order valence-corrected chi connectivity index (χ1v) is 15.4. The molecule has 47 heavy (non-hydrogen) atoms. The Morgan fingerprint density at radius 1 is 0.383 bits per heavy atom. The predicted octanol–water partition coefficient (Wildman–Crippen LogP) is 6.74. The molecule has 0 fully saturated rings. The average molecular weight is 612 g/mol. The second-order valence-corrected chi connectivity index (χ2v) is 11.7. The van der Waals surface area contributed by atoms with Gasteiger partial charge in [0.1, 0.15) is 5.69 Å². The van der Waals surface area contributed by atoms with Gasteiger partial charge in [-0.05, 0) is 69.3 Å². The molecule has 0 aliphatic heterocycles. The van der Waals surface area contributed by atoms with Crippen LogP contribution in [-0.2, 0) is 0 Å². The number of benzene rings is 4. The van der Waals surface area contributed by atoms with Gasteiger partial charge in [0.25, 0.3) is 0 Å². The zero-order chi connectivity index (χ0) is 31.4. The summed E-state index contributed by atoms with van der Waals surface area (Å²) in [5, 5.41) is 0. The van der Waals surface area contributed by atoms with Crippen LogP contribution in [0.1, 0.15) is 17.1 Å². The molecule has 10 aromatic rings. The van der Waals surface area contributed by atoms with Gasteiger partial charge in [-0.2, -0.15) is 15.0 Å². The number of nitrogens with zero attached hydrogens (tertiary/aromatic N) is 11. The molecule has 6 heterocycles. The molecule has 6 aromatic heterocycles. The van der Waals surface area contributed by atoms with Crippen LogP contribution in [0.25, 0.3) is 79.1 Å². The van der Waals surface area contributed by atoms with Crippen molar-refractivity contribution in [2.45, 2.75) is 20.8 Å². The number of para-hydroxylation sites is 8. The van der Waals surface area contributed by atoms with Crippen molar-refractivity contribution in [2.24, 2.45) is 0 Å². The summed E-state index contributed by atoms with van der Waals surface area (Å²) in [5.41, 5.74) is 10.6. The number of rotatable bonds is 3. The summed E-state index contributed by atoms with van der Waals surface area (Å²) in [7, 11) is 0. The lowest BCUT2D eigenvalue weighted by Crippen LogP contribution is -2.12. The van der Waals surface area contributed by atoms with E-state index in [0.717, 1.165) is 61.2 Å². The lowest BCUT2D eigenvalue weighted by atomic mass is 10.2. The van der Waals surface area contributed by atoms with Crippen molar-refractivity contribution >= 4 is 55.7 Å². The Hall–Kier alpha value is -6.49. The van der Waals surface area contributed by atoms with Crippen LogP contribution in [0.2, 0.25) is 0 Å². The van der Waals surface area contributed by atoms with Crippen LogP contribution in [0, 0.1) is 20.8 Å². The summed E-state index contributed by atoms with van der Waals surface area (Å²) in [6.45, 7) is 5.85. The molecule has 0 bridgehead atoms. The number of hydrogen-bond acceptors (Lipinski definition) is 7. The Bertz CT molecular complexity index is 2740. The van der Waals surface area contributed by atoms with E-state index in [-0.39, 0.29) is 0 Å². The highest BCUT2D eigenvalue weighted by Crippen LogP contribution is 2.32. The lowest BCUT2D eigenvalue weighted by Gasteiger charge is -2.12. The van der Waals surface area contributed by atoms with Gasteiger partial charge in [-0.25, -0.2) is 24.1 Å². The summed E-state index contributed by atoms with van der Waals surface area (Å²) >= 11 is 0. The molecule has 10 rings (SSSR count). The van der Waals surface area contributed by atoms with Crippen molar-refractivity contribution in [1.82, 2.24) is 52.8 Å². The molecule has 0 unspecified atom stereocenters. The van der Waals surface area contributed by atoms with Crippen LogP contribution in [0.5, 0.6) is 0 Å². The Morgan fingerprint density at radius 3 is 1.32 bits per heavy atom. The topological polar surface area (TPSA) is 109 Å². The largest absolute Gasteiger partial charge is 0.276 e. The van der Waals surface area contributed by atoms with Crippen LogP contribution in [0.15, 0.2) is 97.1 Å². The molecule has 11 heteroatoms. The minimum Gasteiger partial charge on any atom is -0.276 e. The van der Waals surface area contributed by atoms with Crippen molar-refractivity contribution in [3.63, 3.8) is 0 Å². The van der Waals surface area contributed by atoms with E-state index in [1.54, 1.807) is 0 Å². The Morgan fingerprint density at radius 2 is 0.809 bits per heavy atom. The van der Waals surface area contributed by atoms with Gasteiger partial charge < -0.3 is 0 Å². The van der Waals surface area contributed by atoms with E-state index in [0.29, 0.717) is 35.0 Å². The van der Waals surface area contributed by atoms with Crippen molar-refractivity contribution in [1.29, 1.82) is 0 Å². The molecule has 0 N–H and O–H groups in total. The fraction of sp³-hybridized carbons (Fsp3) is 0.0833. The molecule has 0 radical (unpaired) electrons.